The zero-order chi connectivity index (χ0) is 47.9. The van der Waals surface area contributed by atoms with Crippen LogP contribution in [0.15, 0.2) is 48.6 Å². The van der Waals surface area contributed by atoms with Crippen LogP contribution in [0, 0.1) is 0 Å². The van der Waals surface area contributed by atoms with Gasteiger partial charge in [-0.05, 0) is 89.9 Å². The Morgan fingerprint density at radius 3 is 0.939 bits per heavy atom. The van der Waals surface area contributed by atoms with Crippen molar-refractivity contribution in [3.63, 3.8) is 0 Å². The molecule has 6 nitrogen and oxygen atoms in total. The van der Waals surface area contributed by atoms with Crippen LogP contribution in [0.1, 0.15) is 297 Å². The summed E-state index contributed by atoms with van der Waals surface area (Å²) in [5.74, 6) is -0.966. The number of carbonyl (C=O) groups excluding carboxylic acids is 3. The summed E-state index contributed by atoms with van der Waals surface area (Å²) in [5, 5.41) is 0. The van der Waals surface area contributed by atoms with E-state index in [-0.39, 0.29) is 37.5 Å². The van der Waals surface area contributed by atoms with E-state index in [0.717, 1.165) is 64.2 Å². The zero-order valence-electron chi connectivity index (χ0n) is 44.0. The first kappa shape index (κ1) is 63.4. The number of hydrogen-bond donors (Lipinski definition) is 0. The van der Waals surface area contributed by atoms with Gasteiger partial charge in [-0.1, -0.05) is 236 Å². The summed E-state index contributed by atoms with van der Waals surface area (Å²) in [6.45, 7) is 6.59. The quantitative estimate of drug-likeness (QED) is 0.0262. The molecule has 6 heteroatoms. The molecule has 0 rings (SSSR count). The molecular weight excluding hydrogens is 817 g/mol. The van der Waals surface area contributed by atoms with Crippen LogP contribution < -0.4 is 0 Å². The second-order valence-electron chi connectivity index (χ2n) is 19.2. The molecule has 0 aliphatic rings. The molecule has 66 heavy (non-hydrogen) atoms. The van der Waals surface area contributed by atoms with Gasteiger partial charge in [0.05, 0.1) is 0 Å². The summed E-state index contributed by atoms with van der Waals surface area (Å²) in [5.41, 5.74) is 0. The lowest BCUT2D eigenvalue weighted by Gasteiger charge is -2.18. The molecule has 0 spiro atoms. The molecule has 0 fully saturated rings. The van der Waals surface area contributed by atoms with Crippen molar-refractivity contribution < 1.29 is 28.6 Å². The molecule has 0 heterocycles. The van der Waals surface area contributed by atoms with Crippen LogP contribution in [0.3, 0.4) is 0 Å². The van der Waals surface area contributed by atoms with E-state index in [2.05, 4.69) is 63.3 Å². The Labute approximate surface area is 409 Å². The van der Waals surface area contributed by atoms with Crippen LogP contribution in [0.5, 0.6) is 0 Å². The van der Waals surface area contributed by atoms with Crippen LogP contribution in [0.25, 0.3) is 0 Å². The summed E-state index contributed by atoms with van der Waals surface area (Å²) in [6.07, 6.45) is 66.9. The smallest absolute Gasteiger partial charge is 0.306 e. The van der Waals surface area contributed by atoms with Gasteiger partial charge in [0.15, 0.2) is 6.10 Å². The van der Waals surface area contributed by atoms with Gasteiger partial charge < -0.3 is 14.2 Å². The average Bonchev–Trinajstić information content (AvgIpc) is 3.31. The third-order valence-electron chi connectivity index (χ3n) is 12.5. The molecule has 0 saturated carbocycles. The van der Waals surface area contributed by atoms with Gasteiger partial charge in [-0.25, -0.2) is 0 Å². The first-order valence-corrected chi connectivity index (χ1v) is 28.6. The zero-order valence-corrected chi connectivity index (χ0v) is 44.0. The number of unbranched alkanes of at least 4 members (excludes halogenated alkanes) is 33. The molecule has 0 aromatic heterocycles. The van der Waals surface area contributed by atoms with E-state index in [1.54, 1.807) is 0 Å². The van der Waals surface area contributed by atoms with Crippen LogP contribution in [0.4, 0.5) is 0 Å². The van der Waals surface area contributed by atoms with Gasteiger partial charge in [-0.15, -0.1) is 0 Å². The SMILES string of the molecule is CCCCCCCC/C=C\C/C=C\CCC(=O)OCC(COC(=O)CCCCCCCCC/C=C\CCCCCCCCCC)OC(=O)CCCCCCC/C=C\CCCCCCCCC. The van der Waals surface area contributed by atoms with E-state index in [1.165, 1.54) is 186 Å². The Kier molecular flexibility index (Phi) is 52.8. The molecule has 0 N–H and O–H groups in total. The number of ether oxygens (including phenoxy) is 3. The van der Waals surface area contributed by atoms with E-state index >= 15 is 0 Å². The summed E-state index contributed by atoms with van der Waals surface area (Å²) >= 11 is 0. The molecule has 0 aliphatic carbocycles. The highest BCUT2D eigenvalue weighted by Gasteiger charge is 2.19. The molecule has 1 unspecified atom stereocenters. The monoisotopic (exact) mass is 925 g/mol. The second kappa shape index (κ2) is 55.0. The van der Waals surface area contributed by atoms with E-state index in [1.807, 2.05) is 6.08 Å². The Hall–Kier alpha value is -2.63. The number of rotatable bonds is 52. The van der Waals surface area contributed by atoms with Crippen LogP contribution in [0.2, 0.25) is 0 Å². The number of carbonyl (C=O) groups is 3. The summed E-state index contributed by atoms with van der Waals surface area (Å²) in [4.78, 5) is 38.1. The van der Waals surface area contributed by atoms with E-state index in [9.17, 15) is 14.4 Å². The topological polar surface area (TPSA) is 78.9 Å². The summed E-state index contributed by atoms with van der Waals surface area (Å²) in [7, 11) is 0. The van der Waals surface area contributed by atoms with Crippen molar-refractivity contribution in [3.8, 4) is 0 Å². The Morgan fingerprint density at radius 1 is 0.303 bits per heavy atom. The van der Waals surface area contributed by atoms with Crippen molar-refractivity contribution in [1.29, 1.82) is 0 Å². The van der Waals surface area contributed by atoms with Gasteiger partial charge in [-0.3, -0.25) is 14.4 Å². The highest BCUT2D eigenvalue weighted by Crippen LogP contribution is 2.15. The molecule has 0 aromatic rings. The van der Waals surface area contributed by atoms with Crippen molar-refractivity contribution in [2.45, 2.75) is 303 Å². The maximum absolute atomic E-state index is 12.8. The van der Waals surface area contributed by atoms with Crippen molar-refractivity contribution in [1.82, 2.24) is 0 Å². The standard InChI is InChI=1S/C60H108O6/c1-4-7-10-13-16-19-22-25-27-29-30-31-33-35-38-41-44-47-50-53-59(62)65-56-57(55-64-58(61)52-49-46-43-40-37-34-24-21-18-15-12-9-6-3)66-60(63)54-51-48-45-42-39-36-32-28-26-23-20-17-14-11-8-5-2/h28-30,32,34,37,43,46,57H,4-27,31,33,35-36,38-42,44-45,47-56H2,1-3H3/b30-29-,32-28-,37-34-,46-43-. The van der Waals surface area contributed by atoms with Crippen LogP contribution in [-0.2, 0) is 28.6 Å². The first-order chi connectivity index (χ1) is 32.5. The minimum absolute atomic E-state index is 0.0944. The summed E-state index contributed by atoms with van der Waals surface area (Å²) in [6, 6.07) is 0. The molecule has 0 aliphatic heterocycles. The van der Waals surface area contributed by atoms with Crippen LogP contribution >= 0.6 is 0 Å². The Bertz CT molecular complexity index is 1150. The average molecular weight is 926 g/mol. The Balaban J connectivity index is 4.40. The Morgan fingerprint density at radius 2 is 0.576 bits per heavy atom. The second-order valence-corrected chi connectivity index (χ2v) is 19.2. The fourth-order valence-electron chi connectivity index (χ4n) is 8.19. The fraction of sp³-hybridized carbons (Fsp3) is 0.817. The number of hydrogen-bond acceptors (Lipinski definition) is 6. The molecule has 0 aromatic carbocycles. The molecule has 0 radical (unpaired) electrons. The lowest BCUT2D eigenvalue weighted by Crippen LogP contribution is -2.30. The maximum Gasteiger partial charge on any atom is 0.306 e. The maximum atomic E-state index is 12.8. The van der Waals surface area contributed by atoms with Gasteiger partial charge in [0.2, 0.25) is 0 Å². The molecule has 0 amide bonds. The van der Waals surface area contributed by atoms with Gasteiger partial charge >= 0.3 is 17.9 Å². The highest BCUT2D eigenvalue weighted by molar-refractivity contribution is 5.71. The van der Waals surface area contributed by atoms with E-state index in [4.69, 9.17) is 14.2 Å². The molecule has 384 valence electrons. The third-order valence-corrected chi connectivity index (χ3v) is 12.5. The number of esters is 3. The lowest BCUT2D eigenvalue weighted by atomic mass is 10.1. The lowest BCUT2D eigenvalue weighted by molar-refractivity contribution is -0.166. The number of allylic oxidation sites excluding steroid dienone is 8. The highest BCUT2D eigenvalue weighted by atomic mass is 16.6. The van der Waals surface area contributed by atoms with Crippen LogP contribution in [-0.4, -0.2) is 37.2 Å². The van der Waals surface area contributed by atoms with Crippen molar-refractivity contribution in [3.05, 3.63) is 48.6 Å². The van der Waals surface area contributed by atoms with Crippen molar-refractivity contribution in [2.75, 3.05) is 13.2 Å². The predicted octanol–water partition coefficient (Wildman–Crippen LogP) is 19.0. The predicted molar refractivity (Wildman–Crippen MR) is 284 cm³/mol. The van der Waals surface area contributed by atoms with E-state index in [0.29, 0.717) is 19.3 Å². The van der Waals surface area contributed by atoms with E-state index < -0.39 is 6.10 Å². The molecule has 1 atom stereocenters. The van der Waals surface area contributed by atoms with Crippen molar-refractivity contribution >= 4 is 17.9 Å². The molecular formula is C60H108O6. The van der Waals surface area contributed by atoms with Gasteiger partial charge in [0.25, 0.3) is 0 Å². The van der Waals surface area contributed by atoms with Gasteiger partial charge in [0, 0.05) is 19.3 Å². The molecule has 0 saturated heterocycles. The first-order valence-electron chi connectivity index (χ1n) is 28.6. The fourth-order valence-corrected chi connectivity index (χ4v) is 8.19. The third kappa shape index (κ3) is 52.3. The summed E-state index contributed by atoms with van der Waals surface area (Å²) < 4.78 is 16.8. The normalized spacial score (nSPS) is 12.3. The van der Waals surface area contributed by atoms with Gasteiger partial charge in [0.1, 0.15) is 13.2 Å². The minimum atomic E-state index is -0.800. The minimum Gasteiger partial charge on any atom is -0.462 e. The molecule has 0 bridgehead atoms. The van der Waals surface area contributed by atoms with Crippen molar-refractivity contribution in [2.24, 2.45) is 0 Å². The largest absolute Gasteiger partial charge is 0.462 e. The van der Waals surface area contributed by atoms with Gasteiger partial charge in [-0.2, -0.15) is 0 Å².